The van der Waals surface area contributed by atoms with Crippen LogP contribution in [-0.2, 0) is 27.8 Å². The molecule has 1 aromatic carbocycles. The summed E-state index contributed by atoms with van der Waals surface area (Å²) in [6, 6.07) is 8.34. The second-order valence-corrected chi connectivity index (χ2v) is 9.17. The van der Waals surface area contributed by atoms with Crippen LogP contribution in [0.1, 0.15) is 86.4 Å². The van der Waals surface area contributed by atoms with Crippen molar-refractivity contribution in [3.05, 3.63) is 46.9 Å². The van der Waals surface area contributed by atoms with Crippen molar-refractivity contribution >= 4 is 17.5 Å². The Balaban J connectivity index is 1.42. The predicted octanol–water partition coefficient (Wildman–Crippen LogP) is 5.35. The van der Waals surface area contributed by atoms with Crippen LogP contribution in [0, 0.1) is 0 Å². The van der Waals surface area contributed by atoms with Gasteiger partial charge in [0, 0.05) is 22.9 Å². The van der Waals surface area contributed by atoms with Crippen LogP contribution in [0.2, 0.25) is 0 Å². The first-order valence-corrected chi connectivity index (χ1v) is 11.6. The van der Waals surface area contributed by atoms with Gasteiger partial charge in [-0.15, -0.1) is 0 Å². The van der Waals surface area contributed by atoms with Gasteiger partial charge in [-0.05, 0) is 62.6 Å². The number of fused-ring (bicyclic) bond motifs is 1. The van der Waals surface area contributed by atoms with Crippen LogP contribution in [-0.4, -0.2) is 23.0 Å². The Morgan fingerprint density at radius 3 is 2.43 bits per heavy atom. The van der Waals surface area contributed by atoms with E-state index in [1.165, 1.54) is 44.1 Å². The zero-order valence-corrected chi connectivity index (χ0v) is 17.9. The molecule has 0 radical (unpaired) electrons. The Bertz CT molecular complexity index is 926. The minimum Gasteiger partial charge on any atom is -0.468 e. The molecule has 5 heteroatoms. The average molecular weight is 406 g/mol. The Labute approximate surface area is 178 Å². The third kappa shape index (κ3) is 3.38. The minimum atomic E-state index is -0.473. The molecule has 5 rings (SSSR count). The van der Waals surface area contributed by atoms with Gasteiger partial charge in [-0.1, -0.05) is 37.8 Å². The lowest BCUT2D eigenvalue weighted by atomic mass is 9.79. The van der Waals surface area contributed by atoms with Crippen molar-refractivity contribution < 1.29 is 9.53 Å². The number of ether oxygens (including phenoxy) is 1. The number of benzene rings is 1. The van der Waals surface area contributed by atoms with Crippen molar-refractivity contribution in [1.29, 1.82) is 0 Å². The lowest BCUT2D eigenvalue weighted by Gasteiger charge is -2.26. The normalized spacial score (nSPS) is 20.3. The number of methoxy groups -OCH3 is 1. The van der Waals surface area contributed by atoms with E-state index in [1.54, 1.807) is 0 Å². The SMILES string of the molecule is COC(=O)C1(c2ccc(Nc3nc(C4CCCC4)nc4c3CCC4)cc2)CCCC1. The molecule has 1 heterocycles. The van der Waals surface area contributed by atoms with E-state index in [0.717, 1.165) is 67.8 Å². The molecule has 3 aliphatic carbocycles. The molecule has 0 spiro atoms. The number of aryl methyl sites for hydroxylation is 1. The van der Waals surface area contributed by atoms with Gasteiger partial charge in [0.15, 0.2) is 0 Å². The van der Waals surface area contributed by atoms with E-state index in [1.807, 2.05) is 0 Å². The van der Waals surface area contributed by atoms with E-state index in [4.69, 9.17) is 14.7 Å². The second-order valence-electron chi connectivity index (χ2n) is 9.17. The minimum absolute atomic E-state index is 0.101. The van der Waals surface area contributed by atoms with Gasteiger partial charge in [0.25, 0.3) is 0 Å². The molecule has 0 atom stereocenters. The van der Waals surface area contributed by atoms with Crippen molar-refractivity contribution in [2.45, 2.75) is 82.0 Å². The number of nitrogens with one attached hydrogen (secondary N) is 1. The van der Waals surface area contributed by atoms with Crippen molar-refractivity contribution in [1.82, 2.24) is 9.97 Å². The van der Waals surface area contributed by atoms with Gasteiger partial charge in [0.1, 0.15) is 11.6 Å². The van der Waals surface area contributed by atoms with Crippen LogP contribution < -0.4 is 5.32 Å². The van der Waals surface area contributed by atoms with Gasteiger partial charge >= 0.3 is 5.97 Å². The highest BCUT2D eigenvalue weighted by Crippen LogP contribution is 2.42. The number of rotatable bonds is 5. The van der Waals surface area contributed by atoms with Gasteiger partial charge in [-0.25, -0.2) is 9.97 Å². The second kappa shape index (κ2) is 8.01. The summed E-state index contributed by atoms with van der Waals surface area (Å²) in [7, 11) is 1.50. The van der Waals surface area contributed by atoms with Gasteiger partial charge in [0.05, 0.1) is 12.5 Å². The maximum absolute atomic E-state index is 12.5. The molecule has 0 aliphatic heterocycles. The largest absolute Gasteiger partial charge is 0.468 e. The number of nitrogens with zero attached hydrogens (tertiary/aromatic N) is 2. The zero-order chi connectivity index (χ0) is 20.6. The Morgan fingerprint density at radius 2 is 1.73 bits per heavy atom. The Morgan fingerprint density at radius 1 is 1.00 bits per heavy atom. The smallest absolute Gasteiger partial charge is 0.316 e. The summed E-state index contributed by atoms with van der Waals surface area (Å²) in [5.41, 5.74) is 4.13. The highest BCUT2D eigenvalue weighted by molar-refractivity contribution is 5.83. The fourth-order valence-electron chi connectivity index (χ4n) is 5.72. The number of hydrogen-bond donors (Lipinski definition) is 1. The summed E-state index contributed by atoms with van der Waals surface area (Å²) in [6.07, 6.45) is 12.2. The zero-order valence-electron chi connectivity index (χ0n) is 17.9. The fourth-order valence-corrected chi connectivity index (χ4v) is 5.72. The quantitative estimate of drug-likeness (QED) is 0.679. The summed E-state index contributed by atoms with van der Waals surface area (Å²) in [5.74, 6) is 2.43. The summed E-state index contributed by atoms with van der Waals surface area (Å²) in [5, 5.41) is 3.57. The molecule has 1 N–H and O–H groups in total. The average Bonchev–Trinajstić information content (AvgIpc) is 3.55. The Hall–Kier alpha value is -2.43. The van der Waals surface area contributed by atoms with Crippen molar-refractivity contribution in [2.24, 2.45) is 0 Å². The molecule has 0 saturated heterocycles. The number of carbonyl (C=O) groups is 1. The van der Waals surface area contributed by atoms with Crippen LogP contribution in [0.25, 0.3) is 0 Å². The molecule has 0 bridgehead atoms. The van der Waals surface area contributed by atoms with Crippen molar-refractivity contribution in [2.75, 3.05) is 12.4 Å². The number of anilines is 2. The lowest BCUT2D eigenvalue weighted by molar-refractivity contribution is -0.147. The van der Waals surface area contributed by atoms with Crippen molar-refractivity contribution in [3.63, 3.8) is 0 Å². The van der Waals surface area contributed by atoms with Crippen molar-refractivity contribution in [3.8, 4) is 0 Å². The number of aromatic nitrogens is 2. The maximum Gasteiger partial charge on any atom is 0.316 e. The lowest BCUT2D eigenvalue weighted by Crippen LogP contribution is -2.33. The predicted molar refractivity (Wildman–Crippen MR) is 117 cm³/mol. The van der Waals surface area contributed by atoms with Crippen LogP contribution in [0.3, 0.4) is 0 Å². The molecule has 0 unspecified atom stereocenters. The third-order valence-corrected chi connectivity index (χ3v) is 7.40. The molecule has 3 aliphatic rings. The molecular weight excluding hydrogens is 374 g/mol. The molecule has 1 aromatic heterocycles. The summed E-state index contributed by atoms with van der Waals surface area (Å²) >= 11 is 0. The van der Waals surface area contributed by atoms with E-state index in [2.05, 4.69) is 29.6 Å². The molecule has 158 valence electrons. The van der Waals surface area contributed by atoms with Gasteiger partial charge < -0.3 is 10.1 Å². The molecule has 2 aromatic rings. The number of hydrogen-bond acceptors (Lipinski definition) is 5. The molecule has 2 fully saturated rings. The molecule has 0 amide bonds. The van der Waals surface area contributed by atoms with E-state index < -0.39 is 5.41 Å². The highest BCUT2D eigenvalue weighted by atomic mass is 16.5. The van der Waals surface area contributed by atoms with E-state index in [9.17, 15) is 4.79 Å². The van der Waals surface area contributed by atoms with E-state index >= 15 is 0 Å². The summed E-state index contributed by atoms with van der Waals surface area (Å²) < 4.78 is 5.16. The molecule has 30 heavy (non-hydrogen) atoms. The maximum atomic E-state index is 12.5. The number of esters is 1. The van der Waals surface area contributed by atoms with Gasteiger partial charge in [-0.2, -0.15) is 0 Å². The standard InChI is InChI=1S/C25H31N3O2/c1-30-24(29)25(15-4-5-16-25)18-11-13-19(14-12-18)26-23-20-9-6-10-21(20)27-22(28-23)17-7-2-3-8-17/h11-14,17H,2-10,15-16H2,1H3,(H,26,27,28). The summed E-state index contributed by atoms with van der Waals surface area (Å²) in [6.45, 7) is 0. The van der Waals surface area contributed by atoms with Crippen LogP contribution in [0.5, 0.6) is 0 Å². The molecular formula is C25H31N3O2. The molecule has 5 nitrogen and oxygen atoms in total. The van der Waals surface area contributed by atoms with Gasteiger partial charge in [-0.3, -0.25) is 4.79 Å². The van der Waals surface area contributed by atoms with Crippen LogP contribution >= 0.6 is 0 Å². The first-order chi connectivity index (χ1) is 14.7. The molecule has 2 saturated carbocycles. The first-order valence-electron chi connectivity index (χ1n) is 11.6. The monoisotopic (exact) mass is 405 g/mol. The first kappa shape index (κ1) is 19.5. The third-order valence-electron chi connectivity index (χ3n) is 7.40. The van der Waals surface area contributed by atoms with Crippen LogP contribution in [0.4, 0.5) is 11.5 Å². The topological polar surface area (TPSA) is 64.1 Å². The Kier molecular flexibility index (Phi) is 5.21. The fraction of sp³-hybridized carbons (Fsp3) is 0.560. The number of carbonyl (C=O) groups excluding carboxylic acids is 1. The van der Waals surface area contributed by atoms with Gasteiger partial charge in [0.2, 0.25) is 0 Å². The van der Waals surface area contributed by atoms with E-state index in [-0.39, 0.29) is 5.97 Å². The van der Waals surface area contributed by atoms with E-state index in [0.29, 0.717) is 5.92 Å². The summed E-state index contributed by atoms with van der Waals surface area (Å²) in [4.78, 5) is 22.5. The highest BCUT2D eigenvalue weighted by Gasteiger charge is 2.43. The van der Waals surface area contributed by atoms with Crippen LogP contribution in [0.15, 0.2) is 24.3 Å².